The molecule has 4 rings (SSSR count). The number of para-hydroxylation sites is 2. The van der Waals surface area contributed by atoms with Crippen molar-refractivity contribution >= 4 is 33.9 Å². The third-order valence-corrected chi connectivity index (χ3v) is 5.46. The number of nitrogens with two attached hydrogens (primary N) is 1. The molecule has 0 bridgehead atoms. The number of amides is 1. The van der Waals surface area contributed by atoms with Crippen LogP contribution in [-0.2, 0) is 0 Å². The van der Waals surface area contributed by atoms with Gasteiger partial charge in [-0.3, -0.25) is 9.36 Å². The largest absolute Gasteiger partial charge is 0.384 e. The first-order valence-electron chi connectivity index (χ1n) is 9.85. The Morgan fingerprint density at radius 3 is 2.45 bits per heavy atom. The summed E-state index contributed by atoms with van der Waals surface area (Å²) in [6.45, 7) is 8.12. The van der Waals surface area contributed by atoms with Crippen LogP contribution in [-0.4, -0.2) is 26.5 Å². The Hall–Kier alpha value is -3.41. The molecule has 1 amide bonds. The van der Waals surface area contributed by atoms with E-state index >= 15 is 0 Å². The molecule has 3 N–H and O–H groups in total. The van der Waals surface area contributed by atoms with Gasteiger partial charge in [-0.25, -0.2) is 9.97 Å². The number of benzene rings is 2. The summed E-state index contributed by atoms with van der Waals surface area (Å²) in [5, 5.41) is 3.01. The topological polar surface area (TPSA) is 85.8 Å². The minimum atomic E-state index is -0.228. The molecular formula is C23H25N5O. The SMILES string of the molecule is CC[C@H](C)NC(=O)c1c(N)n(-c2ccc(C)c(C)c2)c2nc3ccccc3nc12. The minimum Gasteiger partial charge on any atom is -0.384 e. The Labute approximate surface area is 169 Å². The summed E-state index contributed by atoms with van der Waals surface area (Å²) in [6, 6.07) is 13.8. The second-order valence-corrected chi connectivity index (χ2v) is 7.53. The molecule has 4 aromatic rings. The van der Waals surface area contributed by atoms with E-state index in [1.165, 1.54) is 5.56 Å². The Kier molecular flexibility index (Phi) is 4.70. The standard InChI is InChI=1S/C23H25N5O/c1-5-15(4)25-23(29)19-20-22(27-18-9-7-6-8-17(18)26-20)28(21(19)24)16-11-10-13(2)14(3)12-16/h6-12,15H,5,24H2,1-4H3,(H,25,29)/t15-/m0/s1. The lowest BCUT2D eigenvalue weighted by atomic mass is 10.1. The molecular weight excluding hydrogens is 362 g/mol. The molecule has 0 aliphatic rings. The Bertz CT molecular complexity index is 1240. The van der Waals surface area contributed by atoms with Crippen LogP contribution in [0, 0.1) is 13.8 Å². The predicted octanol–water partition coefficient (Wildman–Crippen LogP) is 4.30. The highest BCUT2D eigenvalue weighted by Crippen LogP contribution is 2.31. The van der Waals surface area contributed by atoms with Crippen molar-refractivity contribution in [1.29, 1.82) is 0 Å². The number of hydrogen-bond donors (Lipinski definition) is 2. The number of fused-ring (bicyclic) bond motifs is 2. The number of nitrogen functional groups attached to an aromatic ring is 1. The van der Waals surface area contributed by atoms with E-state index in [1.807, 2.05) is 54.8 Å². The van der Waals surface area contributed by atoms with Crippen LogP contribution in [0.4, 0.5) is 5.82 Å². The fourth-order valence-corrected chi connectivity index (χ4v) is 3.41. The van der Waals surface area contributed by atoms with Crippen LogP contribution in [0.25, 0.3) is 27.9 Å². The highest BCUT2D eigenvalue weighted by atomic mass is 16.1. The lowest BCUT2D eigenvalue weighted by molar-refractivity contribution is 0.0941. The highest BCUT2D eigenvalue weighted by Gasteiger charge is 2.25. The summed E-state index contributed by atoms with van der Waals surface area (Å²) in [4.78, 5) is 22.6. The molecule has 2 aromatic carbocycles. The van der Waals surface area contributed by atoms with Crippen molar-refractivity contribution in [3.8, 4) is 5.69 Å². The average Bonchev–Trinajstić information content (AvgIpc) is 2.99. The van der Waals surface area contributed by atoms with Gasteiger partial charge in [0.25, 0.3) is 5.91 Å². The van der Waals surface area contributed by atoms with Gasteiger partial charge in [0.15, 0.2) is 5.65 Å². The first-order valence-corrected chi connectivity index (χ1v) is 9.85. The maximum Gasteiger partial charge on any atom is 0.257 e. The van der Waals surface area contributed by atoms with E-state index in [2.05, 4.69) is 25.2 Å². The number of nitrogens with one attached hydrogen (secondary N) is 1. The van der Waals surface area contributed by atoms with Gasteiger partial charge in [0.05, 0.1) is 11.0 Å². The first kappa shape index (κ1) is 18.9. The molecule has 0 radical (unpaired) electrons. The van der Waals surface area contributed by atoms with Gasteiger partial charge in [0, 0.05) is 11.7 Å². The van der Waals surface area contributed by atoms with Crippen molar-refractivity contribution in [2.75, 3.05) is 5.73 Å². The molecule has 0 saturated carbocycles. The monoisotopic (exact) mass is 387 g/mol. The van der Waals surface area contributed by atoms with E-state index in [1.54, 1.807) is 0 Å². The van der Waals surface area contributed by atoms with Gasteiger partial charge >= 0.3 is 0 Å². The normalized spacial score (nSPS) is 12.4. The molecule has 6 nitrogen and oxygen atoms in total. The van der Waals surface area contributed by atoms with Gasteiger partial charge in [0.1, 0.15) is 16.9 Å². The maximum atomic E-state index is 13.1. The quantitative estimate of drug-likeness (QED) is 0.547. The molecule has 0 spiro atoms. The third-order valence-electron chi connectivity index (χ3n) is 5.46. The Morgan fingerprint density at radius 2 is 1.79 bits per heavy atom. The average molecular weight is 387 g/mol. The number of rotatable bonds is 4. The predicted molar refractivity (Wildman–Crippen MR) is 117 cm³/mol. The van der Waals surface area contributed by atoms with Crippen LogP contribution >= 0.6 is 0 Å². The lowest BCUT2D eigenvalue weighted by Crippen LogP contribution is -2.32. The van der Waals surface area contributed by atoms with Crippen LogP contribution in [0.3, 0.4) is 0 Å². The smallest absolute Gasteiger partial charge is 0.257 e. The summed E-state index contributed by atoms with van der Waals surface area (Å²) in [5.41, 5.74) is 12.7. The minimum absolute atomic E-state index is 0.0373. The van der Waals surface area contributed by atoms with E-state index in [0.717, 1.165) is 28.7 Å². The summed E-state index contributed by atoms with van der Waals surface area (Å²) in [6.07, 6.45) is 0.829. The molecule has 1 atom stereocenters. The summed E-state index contributed by atoms with van der Waals surface area (Å²) in [5.74, 6) is 0.119. The molecule has 148 valence electrons. The second-order valence-electron chi connectivity index (χ2n) is 7.53. The number of hydrogen-bond acceptors (Lipinski definition) is 4. The first-order chi connectivity index (χ1) is 13.9. The van der Waals surface area contributed by atoms with Gasteiger partial charge < -0.3 is 11.1 Å². The van der Waals surface area contributed by atoms with Gasteiger partial charge in [-0.1, -0.05) is 25.1 Å². The summed E-state index contributed by atoms with van der Waals surface area (Å²) < 4.78 is 1.83. The van der Waals surface area contributed by atoms with Crippen molar-refractivity contribution in [2.45, 2.75) is 40.2 Å². The molecule has 2 aromatic heterocycles. The summed E-state index contributed by atoms with van der Waals surface area (Å²) in [7, 11) is 0. The van der Waals surface area contributed by atoms with Crippen molar-refractivity contribution in [2.24, 2.45) is 0 Å². The molecule has 0 unspecified atom stereocenters. The van der Waals surface area contributed by atoms with Crippen LogP contribution < -0.4 is 11.1 Å². The Morgan fingerprint density at radius 1 is 1.10 bits per heavy atom. The molecule has 2 heterocycles. The third kappa shape index (κ3) is 3.20. The number of anilines is 1. The van der Waals surface area contributed by atoms with Crippen LogP contribution in [0.2, 0.25) is 0 Å². The zero-order valence-corrected chi connectivity index (χ0v) is 17.2. The van der Waals surface area contributed by atoms with Gasteiger partial charge in [-0.2, -0.15) is 0 Å². The van der Waals surface area contributed by atoms with E-state index in [-0.39, 0.29) is 11.9 Å². The zero-order valence-electron chi connectivity index (χ0n) is 17.2. The molecule has 29 heavy (non-hydrogen) atoms. The van der Waals surface area contributed by atoms with Crippen LogP contribution in [0.5, 0.6) is 0 Å². The number of aromatic nitrogens is 3. The van der Waals surface area contributed by atoms with Crippen LogP contribution in [0.15, 0.2) is 42.5 Å². The summed E-state index contributed by atoms with van der Waals surface area (Å²) >= 11 is 0. The highest BCUT2D eigenvalue weighted by molar-refractivity contribution is 6.11. The number of nitrogens with zero attached hydrogens (tertiary/aromatic N) is 3. The zero-order chi connectivity index (χ0) is 20.7. The van der Waals surface area contributed by atoms with Crippen LogP contribution in [0.1, 0.15) is 41.8 Å². The van der Waals surface area contributed by atoms with E-state index in [9.17, 15) is 4.79 Å². The van der Waals surface area contributed by atoms with Gasteiger partial charge in [-0.05, 0) is 62.6 Å². The Balaban J connectivity index is 2.04. The fraction of sp³-hybridized carbons (Fsp3) is 0.261. The van der Waals surface area contributed by atoms with E-state index in [0.29, 0.717) is 22.5 Å². The molecule has 0 aliphatic carbocycles. The number of carbonyl (C=O) groups excluding carboxylic acids is 1. The molecule has 6 heteroatoms. The van der Waals surface area contributed by atoms with Crippen molar-refractivity contribution in [3.63, 3.8) is 0 Å². The number of aryl methyl sites for hydroxylation is 2. The van der Waals surface area contributed by atoms with Crippen molar-refractivity contribution < 1.29 is 4.79 Å². The fourth-order valence-electron chi connectivity index (χ4n) is 3.41. The van der Waals surface area contributed by atoms with Crippen molar-refractivity contribution in [1.82, 2.24) is 19.9 Å². The number of carbonyl (C=O) groups is 1. The molecule has 0 aliphatic heterocycles. The van der Waals surface area contributed by atoms with E-state index in [4.69, 9.17) is 15.7 Å². The molecule has 0 fully saturated rings. The molecule has 0 saturated heterocycles. The van der Waals surface area contributed by atoms with Gasteiger partial charge in [0.2, 0.25) is 0 Å². The van der Waals surface area contributed by atoms with Crippen molar-refractivity contribution in [3.05, 3.63) is 59.2 Å². The van der Waals surface area contributed by atoms with E-state index < -0.39 is 0 Å². The van der Waals surface area contributed by atoms with Gasteiger partial charge in [-0.15, -0.1) is 0 Å². The lowest BCUT2D eigenvalue weighted by Gasteiger charge is -2.12. The maximum absolute atomic E-state index is 13.1. The second kappa shape index (κ2) is 7.20.